The van der Waals surface area contributed by atoms with Gasteiger partial charge in [0, 0.05) is 65.4 Å². The van der Waals surface area contributed by atoms with Crippen molar-refractivity contribution in [3.05, 3.63) is 35.9 Å². The largest absolute Gasteiger partial charge is 0.359 e. The molecule has 0 aliphatic rings. The van der Waals surface area contributed by atoms with Gasteiger partial charge in [-0.15, -0.1) is 0 Å². The molecule has 0 heterocycles. The summed E-state index contributed by atoms with van der Waals surface area (Å²) in [5.74, 6) is 0. The standard InChI is InChI=1S/C7H6.2Y/c1-7-5-3-2-4-6-7;;/h3-5H,1H3;;/q-2;;. The molecule has 0 aromatic heterocycles. The van der Waals surface area contributed by atoms with Gasteiger partial charge in [-0.3, -0.25) is 17.7 Å². The van der Waals surface area contributed by atoms with Gasteiger partial charge in [0.1, 0.15) is 0 Å². The average molecular weight is 268 g/mol. The number of benzene rings is 1. The molecule has 0 spiro atoms. The van der Waals surface area contributed by atoms with Gasteiger partial charge in [0.25, 0.3) is 0 Å². The SMILES string of the molecule is Cc1[c-]c[c-]cc1.[Y].[Y]. The van der Waals surface area contributed by atoms with Crippen LogP contribution in [0.2, 0.25) is 0 Å². The number of rotatable bonds is 0. The molecule has 1 aromatic carbocycles. The van der Waals surface area contributed by atoms with Gasteiger partial charge in [0.2, 0.25) is 0 Å². The first-order chi connectivity index (χ1) is 3.39. The van der Waals surface area contributed by atoms with Crippen LogP contribution in [0, 0.1) is 19.1 Å². The molecule has 0 aliphatic heterocycles. The van der Waals surface area contributed by atoms with Gasteiger partial charge in [-0.2, -0.15) is 0 Å². The Balaban J connectivity index is 0. The van der Waals surface area contributed by atoms with E-state index in [9.17, 15) is 0 Å². The average Bonchev–Trinajstić information content (AvgIpc) is 1.69. The van der Waals surface area contributed by atoms with Crippen LogP contribution in [0.15, 0.2) is 18.2 Å². The summed E-state index contributed by atoms with van der Waals surface area (Å²) in [6.07, 6.45) is 0. The molecule has 0 saturated carbocycles. The number of hydrogen-bond acceptors (Lipinski definition) is 0. The molecule has 0 amide bonds. The molecule has 2 radical (unpaired) electrons. The summed E-state index contributed by atoms with van der Waals surface area (Å²) in [4.78, 5) is 0. The maximum absolute atomic E-state index is 2.98. The van der Waals surface area contributed by atoms with Crippen molar-refractivity contribution in [2.75, 3.05) is 0 Å². The van der Waals surface area contributed by atoms with Crippen LogP contribution in [0.25, 0.3) is 0 Å². The molecule has 0 N–H and O–H groups in total. The summed E-state index contributed by atoms with van der Waals surface area (Å²) in [6, 6.07) is 11.5. The van der Waals surface area contributed by atoms with E-state index >= 15 is 0 Å². The van der Waals surface area contributed by atoms with Crippen LogP contribution in [-0.2, 0) is 65.4 Å². The van der Waals surface area contributed by atoms with Crippen LogP contribution in [0.3, 0.4) is 0 Å². The van der Waals surface area contributed by atoms with Crippen LogP contribution in [0.4, 0.5) is 0 Å². The zero-order valence-corrected chi connectivity index (χ0v) is 11.1. The Kier molecular flexibility index (Phi) is 10.9. The van der Waals surface area contributed by atoms with Crippen LogP contribution in [-0.4, -0.2) is 0 Å². The molecule has 0 atom stereocenters. The van der Waals surface area contributed by atoms with Gasteiger partial charge in [-0.05, 0) is 0 Å². The zero-order valence-electron chi connectivity index (χ0n) is 5.39. The molecule has 0 unspecified atom stereocenters. The minimum absolute atomic E-state index is 0. The van der Waals surface area contributed by atoms with Crippen molar-refractivity contribution in [1.29, 1.82) is 0 Å². The van der Waals surface area contributed by atoms with Crippen LogP contribution < -0.4 is 0 Å². The Labute approximate surface area is 107 Å². The number of hydrogen-bond donors (Lipinski definition) is 0. The Morgan fingerprint density at radius 3 is 2.22 bits per heavy atom. The molecule has 0 aliphatic carbocycles. The molecular formula is C7H6Y2-2. The van der Waals surface area contributed by atoms with Gasteiger partial charge in [0.05, 0.1) is 0 Å². The van der Waals surface area contributed by atoms with Crippen LogP contribution >= 0.6 is 0 Å². The van der Waals surface area contributed by atoms with E-state index in [0.717, 1.165) is 0 Å². The fraction of sp³-hybridized carbons (Fsp3) is 0.143. The molecule has 0 saturated heterocycles. The van der Waals surface area contributed by atoms with E-state index < -0.39 is 0 Å². The fourth-order valence-corrected chi connectivity index (χ4v) is 0.425. The van der Waals surface area contributed by atoms with Gasteiger partial charge < -0.3 is 18.2 Å². The van der Waals surface area contributed by atoms with E-state index in [2.05, 4.69) is 12.1 Å². The first-order valence-corrected chi connectivity index (χ1v) is 2.24. The van der Waals surface area contributed by atoms with Gasteiger partial charge in [-0.1, -0.05) is 6.92 Å². The fourth-order valence-electron chi connectivity index (χ4n) is 0.425. The third-order valence-electron chi connectivity index (χ3n) is 0.813. The molecular weight excluding hydrogens is 262 g/mol. The normalized spacial score (nSPS) is 6.78. The van der Waals surface area contributed by atoms with Crippen molar-refractivity contribution in [2.24, 2.45) is 0 Å². The van der Waals surface area contributed by atoms with Crippen molar-refractivity contribution in [3.63, 3.8) is 0 Å². The molecule has 2 heteroatoms. The second-order valence-electron chi connectivity index (χ2n) is 1.47. The Hall–Kier alpha value is 1.43. The molecule has 0 nitrogen and oxygen atoms in total. The van der Waals surface area contributed by atoms with Gasteiger partial charge in [0.15, 0.2) is 0 Å². The predicted molar refractivity (Wildman–Crippen MR) is 28.9 cm³/mol. The van der Waals surface area contributed by atoms with E-state index in [1.165, 1.54) is 5.56 Å². The van der Waals surface area contributed by atoms with Crippen molar-refractivity contribution in [1.82, 2.24) is 0 Å². The van der Waals surface area contributed by atoms with Crippen molar-refractivity contribution in [2.45, 2.75) is 6.92 Å². The summed E-state index contributed by atoms with van der Waals surface area (Å²) in [7, 11) is 0. The summed E-state index contributed by atoms with van der Waals surface area (Å²) >= 11 is 0. The van der Waals surface area contributed by atoms with Crippen molar-refractivity contribution < 1.29 is 65.4 Å². The third-order valence-corrected chi connectivity index (χ3v) is 0.813. The van der Waals surface area contributed by atoms with Gasteiger partial charge >= 0.3 is 0 Å². The smallest absolute Gasteiger partial charge is 0 e. The maximum atomic E-state index is 2.98. The van der Waals surface area contributed by atoms with E-state index in [0.29, 0.717) is 0 Å². The molecule has 9 heavy (non-hydrogen) atoms. The topological polar surface area (TPSA) is 0 Å². The molecule has 0 bridgehead atoms. The van der Waals surface area contributed by atoms with Crippen LogP contribution in [0.1, 0.15) is 5.56 Å². The Morgan fingerprint density at radius 2 is 2.00 bits per heavy atom. The van der Waals surface area contributed by atoms with Gasteiger partial charge in [-0.25, -0.2) is 0 Å². The summed E-state index contributed by atoms with van der Waals surface area (Å²) in [6.45, 7) is 2.01. The number of aryl methyl sites for hydroxylation is 1. The molecule has 42 valence electrons. The quantitative estimate of drug-likeness (QED) is 0.627. The molecule has 0 fully saturated rings. The second kappa shape index (κ2) is 7.53. The van der Waals surface area contributed by atoms with Crippen molar-refractivity contribution >= 4 is 0 Å². The maximum Gasteiger partial charge on any atom is 0 e. The summed E-state index contributed by atoms with van der Waals surface area (Å²) in [5, 5.41) is 0. The van der Waals surface area contributed by atoms with E-state index in [1.807, 2.05) is 19.1 Å². The minimum atomic E-state index is 0. The third kappa shape index (κ3) is 5.85. The molecule has 1 rings (SSSR count). The minimum Gasteiger partial charge on any atom is -0.359 e. The van der Waals surface area contributed by atoms with E-state index in [4.69, 9.17) is 0 Å². The monoisotopic (exact) mass is 268 g/mol. The van der Waals surface area contributed by atoms with E-state index in [1.54, 1.807) is 6.07 Å². The first-order valence-electron chi connectivity index (χ1n) is 2.24. The summed E-state index contributed by atoms with van der Waals surface area (Å²) in [5.41, 5.74) is 1.17. The zero-order chi connectivity index (χ0) is 5.11. The van der Waals surface area contributed by atoms with Crippen molar-refractivity contribution in [3.8, 4) is 0 Å². The first kappa shape index (κ1) is 13.0. The Bertz CT molecular complexity index is 137. The Morgan fingerprint density at radius 1 is 1.33 bits per heavy atom. The second-order valence-corrected chi connectivity index (χ2v) is 1.47. The molecule has 1 aromatic rings. The van der Waals surface area contributed by atoms with E-state index in [-0.39, 0.29) is 65.4 Å². The van der Waals surface area contributed by atoms with Crippen LogP contribution in [0.5, 0.6) is 0 Å². The predicted octanol–water partition coefficient (Wildman–Crippen LogP) is 1.59. The summed E-state index contributed by atoms with van der Waals surface area (Å²) < 4.78 is 0.